The molecule has 0 aromatic carbocycles. The van der Waals surface area contributed by atoms with Crippen molar-refractivity contribution in [1.82, 2.24) is 9.97 Å². The maximum absolute atomic E-state index is 11.7. The first-order valence-electron chi connectivity index (χ1n) is 4.07. The van der Waals surface area contributed by atoms with Gasteiger partial charge in [-0.2, -0.15) is 0 Å². The van der Waals surface area contributed by atoms with Gasteiger partial charge >= 0.3 is 0 Å². The van der Waals surface area contributed by atoms with Gasteiger partial charge in [-0.3, -0.25) is 10.1 Å². The minimum atomic E-state index is -0.167. The highest BCUT2D eigenvalue weighted by Crippen LogP contribution is 2.17. The maximum Gasteiger partial charge on any atom is 0.269 e. The SMILES string of the molecule is Cc1[nH]c(=S)sc1C(=O)Nc1nccs1. The molecule has 0 bridgehead atoms. The molecule has 0 unspecified atom stereocenters. The quantitative estimate of drug-likeness (QED) is 0.813. The molecular formula is C8H7N3OS3. The Labute approximate surface area is 99.0 Å². The van der Waals surface area contributed by atoms with Gasteiger partial charge < -0.3 is 4.98 Å². The van der Waals surface area contributed by atoms with E-state index in [0.29, 0.717) is 14.0 Å². The Kier molecular flexibility index (Phi) is 2.94. The summed E-state index contributed by atoms with van der Waals surface area (Å²) >= 11 is 7.61. The number of thiazole rings is 2. The van der Waals surface area contributed by atoms with Crippen molar-refractivity contribution in [2.45, 2.75) is 6.92 Å². The molecule has 0 aliphatic heterocycles. The summed E-state index contributed by atoms with van der Waals surface area (Å²) in [5.74, 6) is -0.167. The second kappa shape index (κ2) is 4.21. The number of H-pyrrole nitrogens is 1. The van der Waals surface area contributed by atoms with Crippen molar-refractivity contribution in [2.75, 3.05) is 5.32 Å². The van der Waals surface area contributed by atoms with Gasteiger partial charge in [0, 0.05) is 17.3 Å². The molecule has 2 aromatic heterocycles. The van der Waals surface area contributed by atoms with E-state index in [-0.39, 0.29) is 5.91 Å². The zero-order valence-corrected chi connectivity index (χ0v) is 10.2. The lowest BCUT2D eigenvalue weighted by Crippen LogP contribution is -2.11. The number of carbonyl (C=O) groups is 1. The van der Waals surface area contributed by atoms with Crippen LogP contribution in [0.3, 0.4) is 0 Å². The molecule has 78 valence electrons. The van der Waals surface area contributed by atoms with E-state index in [1.165, 1.54) is 22.7 Å². The minimum absolute atomic E-state index is 0.167. The van der Waals surface area contributed by atoms with E-state index in [9.17, 15) is 4.79 Å². The van der Waals surface area contributed by atoms with E-state index in [2.05, 4.69) is 15.3 Å². The van der Waals surface area contributed by atoms with E-state index in [0.717, 1.165) is 5.69 Å². The molecule has 0 aliphatic carbocycles. The summed E-state index contributed by atoms with van der Waals surface area (Å²) in [5, 5.41) is 5.11. The summed E-state index contributed by atoms with van der Waals surface area (Å²) in [4.78, 5) is 19.2. The topological polar surface area (TPSA) is 57.8 Å². The molecule has 0 radical (unpaired) electrons. The van der Waals surface area contributed by atoms with Crippen molar-refractivity contribution in [2.24, 2.45) is 0 Å². The zero-order valence-electron chi connectivity index (χ0n) is 7.73. The molecule has 0 saturated heterocycles. The van der Waals surface area contributed by atoms with Crippen molar-refractivity contribution in [3.8, 4) is 0 Å². The highest BCUT2D eigenvalue weighted by molar-refractivity contribution is 7.73. The van der Waals surface area contributed by atoms with Gasteiger partial charge in [0.2, 0.25) is 0 Å². The van der Waals surface area contributed by atoms with Crippen LogP contribution in [0, 0.1) is 10.9 Å². The van der Waals surface area contributed by atoms with Crippen LogP contribution in [0.2, 0.25) is 0 Å². The Morgan fingerprint density at radius 2 is 2.47 bits per heavy atom. The lowest BCUT2D eigenvalue weighted by molar-refractivity contribution is 0.103. The minimum Gasteiger partial charge on any atom is -0.340 e. The van der Waals surface area contributed by atoms with E-state index in [4.69, 9.17) is 12.2 Å². The first-order valence-corrected chi connectivity index (χ1v) is 6.18. The van der Waals surface area contributed by atoms with Crippen LogP contribution in [0.4, 0.5) is 5.13 Å². The van der Waals surface area contributed by atoms with Crippen LogP contribution in [0.5, 0.6) is 0 Å². The summed E-state index contributed by atoms with van der Waals surface area (Å²) in [7, 11) is 0. The monoisotopic (exact) mass is 257 g/mol. The number of aryl methyl sites for hydroxylation is 1. The molecule has 0 atom stereocenters. The molecule has 7 heteroatoms. The number of aromatic nitrogens is 2. The number of hydrogen-bond donors (Lipinski definition) is 2. The maximum atomic E-state index is 11.7. The van der Waals surface area contributed by atoms with Crippen molar-refractivity contribution < 1.29 is 4.79 Å². The number of anilines is 1. The number of rotatable bonds is 2. The standard InChI is InChI=1S/C8H7N3OS3/c1-4-5(15-8(13)10-4)6(12)11-7-9-2-3-14-7/h2-3H,1H3,(H,10,13)(H,9,11,12). The van der Waals surface area contributed by atoms with Crippen molar-refractivity contribution >= 4 is 45.9 Å². The molecular weight excluding hydrogens is 250 g/mol. The molecule has 15 heavy (non-hydrogen) atoms. The Morgan fingerprint density at radius 1 is 1.67 bits per heavy atom. The fraction of sp³-hybridized carbons (Fsp3) is 0.125. The predicted molar refractivity (Wildman–Crippen MR) is 64.3 cm³/mol. The Morgan fingerprint density at radius 3 is 3.00 bits per heavy atom. The van der Waals surface area contributed by atoms with Crippen LogP contribution in [0.25, 0.3) is 0 Å². The van der Waals surface area contributed by atoms with Gasteiger partial charge in [0.25, 0.3) is 5.91 Å². The van der Waals surface area contributed by atoms with Crippen LogP contribution in [-0.4, -0.2) is 15.9 Å². The van der Waals surface area contributed by atoms with Crippen molar-refractivity contribution in [3.63, 3.8) is 0 Å². The normalized spacial score (nSPS) is 10.2. The molecule has 2 aromatic rings. The summed E-state index contributed by atoms with van der Waals surface area (Å²) < 4.78 is 0.608. The van der Waals surface area contributed by atoms with Gasteiger partial charge in [0.15, 0.2) is 9.09 Å². The molecule has 1 amide bonds. The summed E-state index contributed by atoms with van der Waals surface area (Å²) in [6.45, 7) is 1.82. The van der Waals surface area contributed by atoms with Crippen LogP contribution >= 0.6 is 34.9 Å². The molecule has 0 aliphatic rings. The van der Waals surface area contributed by atoms with E-state index >= 15 is 0 Å². The second-order valence-corrected chi connectivity index (χ2v) is 5.34. The molecule has 2 N–H and O–H groups in total. The Balaban J connectivity index is 2.22. The Bertz CT molecular complexity index is 526. The fourth-order valence-electron chi connectivity index (χ4n) is 1.06. The molecule has 0 fully saturated rings. The molecule has 0 spiro atoms. The third-order valence-electron chi connectivity index (χ3n) is 1.68. The van der Waals surface area contributed by atoms with Gasteiger partial charge in [0.05, 0.1) is 0 Å². The van der Waals surface area contributed by atoms with Gasteiger partial charge in [0.1, 0.15) is 4.88 Å². The zero-order chi connectivity index (χ0) is 10.8. The number of carbonyl (C=O) groups excluding carboxylic acids is 1. The number of nitrogens with zero attached hydrogens (tertiary/aromatic N) is 1. The third kappa shape index (κ3) is 2.31. The third-order valence-corrected chi connectivity index (χ3v) is 3.71. The summed E-state index contributed by atoms with van der Waals surface area (Å²) in [6, 6.07) is 0. The van der Waals surface area contributed by atoms with Crippen LogP contribution in [0.15, 0.2) is 11.6 Å². The lowest BCUT2D eigenvalue weighted by atomic mass is 10.4. The number of hydrogen-bond acceptors (Lipinski definition) is 5. The highest BCUT2D eigenvalue weighted by atomic mass is 32.1. The number of nitrogens with one attached hydrogen (secondary N) is 2. The van der Waals surface area contributed by atoms with E-state index in [1.807, 2.05) is 12.3 Å². The van der Waals surface area contributed by atoms with Gasteiger partial charge in [-0.15, -0.1) is 11.3 Å². The van der Waals surface area contributed by atoms with E-state index in [1.54, 1.807) is 6.20 Å². The summed E-state index contributed by atoms with van der Waals surface area (Å²) in [6.07, 6.45) is 1.65. The predicted octanol–water partition coefficient (Wildman–Crippen LogP) is 2.82. The second-order valence-electron chi connectivity index (χ2n) is 2.76. The van der Waals surface area contributed by atoms with E-state index < -0.39 is 0 Å². The fourth-order valence-corrected chi connectivity index (χ4v) is 2.72. The highest BCUT2D eigenvalue weighted by Gasteiger charge is 2.12. The van der Waals surface area contributed by atoms with Crippen LogP contribution in [0.1, 0.15) is 15.4 Å². The first kappa shape index (κ1) is 10.5. The largest absolute Gasteiger partial charge is 0.340 e. The Hall–Kier alpha value is -1.05. The van der Waals surface area contributed by atoms with Gasteiger partial charge in [-0.25, -0.2) is 4.98 Å². The summed E-state index contributed by atoms with van der Waals surface area (Å²) in [5.41, 5.74) is 0.791. The molecule has 2 heterocycles. The van der Waals surface area contributed by atoms with Crippen molar-refractivity contribution in [1.29, 1.82) is 0 Å². The van der Waals surface area contributed by atoms with Crippen molar-refractivity contribution in [3.05, 3.63) is 26.1 Å². The molecule has 4 nitrogen and oxygen atoms in total. The average Bonchev–Trinajstić information content (AvgIpc) is 2.75. The van der Waals surface area contributed by atoms with Gasteiger partial charge in [-0.05, 0) is 19.1 Å². The average molecular weight is 257 g/mol. The van der Waals surface area contributed by atoms with Crippen LogP contribution < -0.4 is 5.32 Å². The molecule has 0 saturated carbocycles. The molecule has 2 rings (SSSR count). The number of aromatic amines is 1. The van der Waals surface area contributed by atoms with Gasteiger partial charge in [-0.1, -0.05) is 11.3 Å². The number of amides is 1. The van der Waals surface area contributed by atoms with Crippen LogP contribution in [-0.2, 0) is 0 Å². The first-order chi connectivity index (χ1) is 7.16. The smallest absolute Gasteiger partial charge is 0.269 e. The lowest BCUT2D eigenvalue weighted by Gasteiger charge is -1.98.